The van der Waals surface area contributed by atoms with Crippen molar-refractivity contribution in [2.75, 3.05) is 13.1 Å². The normalized spacial score (nSPS) is 17.9. The molecule has 0 aliphatic carbocycles. The number of carbonyl (C=O) groups is 1. The van der Waals surface area contributed by atoms with E-state index in [9.17, 15) is 4.79 Å². The number of benzene rings is 1. The SMILES string of the molecule is CC.CC1c2ccccc2C(=O)N1CCN. The summed E-state index contributed by atoms with van der Waals surface area (Å²) < 4.78 is 0. The summed E-state index contributed by atoms with van der Waals surface area (Å²) in [4.78, 5) is 13.7. The van der Waals surface area contributed by atoms with Crippen molar-refractivity contribution in [3.8, 4) is 0 Å². The molecule has 1 unspecified atom stereocenters. The summed E-state index contributed by atoms with van der Waals surface area (Å²) >= 11 is 0. The van der Waals surface area contributed by atoms with E-state index in [0.29, 0.717) is 13.1 Å². The Hall–Kier alpha value is -1.35. The number of fused-ring (bicyclic) bond motifs is 1. The van der Waals surface area contributed by atoms with Gasteiger partial charge in [0.25, 0.3) is 5.91 Å². The Bertz CT molecular complexity index is 363. The van der Waals surface area contributed by atoms with Gasteiger partial charge in [-0.25, -0.2) is 0 Å². The van der Waals surface area contributed by atoms with Crippen LogP contribution >= 0.6 is 0 Å². The first-order valence-corrected chi connectivity index (χ1v) is 5.85. The maximum atomic E-state index is 11.9. The highest BCUT2D eigenvalue weighted by Gasteiger charge is 2.32. The van der Waals surface area contributed by atoms with Gasteiger partial charge in [-0.1, -0.05) is 32.0 Å². The van der Waals surface area contributed by atoms with Gasteiger partial charge < -0.3 is 10.6 Å². The van der Waals surface area contributed by atoms with E-state index in [-0.39, 0.29) is 11.9 Å². The number of rotatable bonds is 2. The number of hydrogen-bond donors (Lipinski definition) is 1. The Morgan fingerprint density at radius 2 is 1.94 bits per heavy atom. The summed E-state index contributed by atoms with van der Waals surface area (Å²) in [6.45, 7) is 7.19. The lowest BCUT2D eigenvalue weighted by atomic mass is 10.1. The van der Waals surface area contributed by atoms with E-state index in [2.05, 4.69) is 0 Å². The quantitative estimate of drug-likeness (QED) is 0.830. The second kappa shape index (κ2) is 5.66. The predicted molar refractivity (Wildman–Crippen MR) is 66.3 cm³/mol. The van der Waals surface area contributed by atoms with Crippen molar-refractivity contribution in [3.63, 3.8) is 0 Å². The molecule has 0 saturated heterocycles. The van der Waals surface area contributed by atoms with E-state index in [1.807, 2.05) is 49.9 Å². The Labute approximate surface area is 97.2 Å². The number of amides is 1. The maximum Gasteiger partial charge on any atom is 0.254 e. The van der Waals surface area contributed by atoms with Gasteiger partial charge in [0.15, 0.2) is 0 Å². The second-order valence-corrected chi connectivity index (χ2v) is 3.55. The molecule has 2 rings (SSSR count). The van der Waals surface area contributed by atoms with Gasteiger partial charge in [0, 0.05) is 18.7 Å². The van der Waals surface area contributed by atoms with Crippen molar-refractivity contribution >= 4 is 5.91 Å². The standard InChI is InChI=1S/C11H14N2O.C2H6/c1-8-9-4-2-3-5-10(9)11(14)13(8)7-6-12;1-2/h2-5,8H,6-7,12H2,1H3;1-2H3. The lowest BCUT2D eigenvalue weighted by Gasteiger charge is -2.20. The Morgan fingerprint density at radius 3 is 2.50 bits per heavy atom. The fourth-order valence-electron chi connectivity index (χ4n) is 1.99. The molecule has 88 valence electrons. The zero-order valence-corrected chi connectivity index (χ0v) is 10.2. The molecule has 3 nitrogen and oxygen atoms in total. The predicted octanol–water partition coefficient (Wildman–Crippen LogP) is 2.19. The van der Waals surface area contributed by atoms with Gasteiger partial charge in [-0.05, 0) is 18.6 Å². The number of nitrogens with zero attached hydrogens (tertiary/aromatic N) is 1. The third kappa shape index (κ3) is 2.09. The summed E-state index contributed by atoms with van der Waals surface area (Å²) in [6, 6.07) is 7.92. The van der Waals surface area contributed by atoms with E-state index >= 15 is 0 Å². The molecular formula is C13H20N2O. The Balaban J connectivity index is 0.000000606. The highest BCUT2D eigenvalue weighted by Crippen LogP contribution is 2.32. The molecule has 3 heteroatoms. The lowest BCUT2D eigenvalue weighted by Crippen LogP contribution is -2.31. The molecule has 1 aromatic rings. The van der Waals surface area contributed by atoms with Gasteiger partial charge in [0.1, 0.15) is 0 Å². The van der Waals surface area contributed by atoms with E-state index in [0.717, 1.165) is 11.1 Å². The highest BCUT2D eigenvalue weighted by molar-refractivity contribution is 5.99. The first kappa shape index (κ1) is 12.7. The minimum atomic E-state index is 0.110. The van der Waals surface area contributed by atoms with Gasteiger partial charge in [-0.15, -0.1) is 0 Å². The fraction of sp³-hybridized carbons (Fsp3) is 0.462. The van der Waals surface area contributed by atoms with Gasteiger partial charge in [0.2, 0.25) is 0 Å². The summed E-state index contributed by atoms with van der Waals surface area (Å²) in [5.41, 5.74) is 7.42. The van der Waals surface area contributed by atoms with Crippen LogP contribution in [0.1, 0.15) is 42.7 Å². The summed E-state index contributed by atoms with van der Waals surface area (Å²) in [5, 5.41) is 0. The molecule has 1 aliphatic rings. The largest absolute Gasteiger partial charge is 0.331 e. The van der Waals surface area contributed by atoms with Gasteiger partial charge >= 0.3 is 0 Å². The Kier molecular flexibility index (Phi) is 4.50. The fourth-order valence-corrected chi connectivity index (χ4v) is 1.99. The third-order valence-electron chi connectivity index (χ3n) is 2.74. The van der Waals surface area contributed by atoms with E-state index in [4.69, 9.17) is 5.73 Å². The number of nitrogens with two attached hydrogens (primary N) is 1. The first-order chi connectivity index (χ1) is 7.75. The molecule has 1 amide bonds. The van der Waals surface area contributed by atoms with Gasteiger partial charge in [0.05, 0.1) is 6.04 Å². The average molecular weight is 220 g/mol. The van der Waals surface area contributed by atoms with Crippen molar-refractivity contribution in [1.82, 2.24) is 4.90 Å². The molecule has 1 atom stereocenters. The van der Waals surface area contributed by atoms with E-state index < -0.39 is 0 Å². The average Bonchev–Trinajstić information content (AvgIpc) is 2.58. The van der Waals surface area contributed by atoms with Crippen LogP contribution in [-0.2, 0) is 0 Å². The van der Waals surface area contributed by atoms with Crippen LogP contribution in [0.3, 0.4) is 0 Å². The van der Waals surface area contributed by atoms with Crippen molar-refractivity contribution in [3.05, 3.63) is 35.4 Å². The van der Waals surface area contributed by atoms with Crippen LogP contribution in [0.2, 0.25) is 0 Å². The minimum Gasteiger partial charge on any atom is -0.331 e. The topological polar surface area (TPSA) is 46.3 Å². The summed E-state index contributed by atoms with van der Waals surface area (Å²) in [6.07, 6.45) is 0. The van der Waals surface area contributed by atoms with E-state index in [1.54, 1.807) is 0 Å². The minimum absolute atomic E-state index is 0.110. The zero-order chi connectivity index (χ0) is 12.1. The summed E-state index contributed by atoms with van der Waals surface area (Å²) in [5.74, 6) is 0.110. The summed E-state index contributed by atoms with van der Waals surface area (Å²) in [7, 11) is 0. The molecule has 1 heterocycles. The first-order valence-electron chi connectivity index (χ1n) is 5.85. The molecule has 0 bridgehead atoms. The zero-order valence-electron chi connectivity index (χ0n) is 10.2. The van der Waals surface area contributed by atoms with Gasteiger partial charge in [-0.3, -0.25) is 4.79 Å². The number of carbonyl (C=O) groups excluding carboxylic acids is 1. The van der Waals surface area contributed by atoms with Crippen LogP contribution in [-0.4, -0.2) is 23.9 Å². The molecule has 1 aliphatic heterocycles. The smallest absolute Gasteiger partial charge is 0.254 e. The molecule has 0 aromatic heterocycles. The lowest BCUT2D eigenvalue weighted by molar-refractivity contribution is 0.0743. The van der Waals surface area contributed by atoms with Crippen molar-refractivity contribution < 1.29 is 4.79 Å². The maximum absolute atomic E-state index is 11.9. The van der Waals surface area contributed by atoms with E-state index in [1.165, 1.54) is 0 Å². The molecule has 1 aromatic carbocycles. The molecule has 0 spiro atoms. The molecule has 0 saturated carbocycles. The second-order valence-electron chi connectivity index (χ2n) is 3.55. The molecule has 2 N–H and O–H groups in total. The van der Waals surface area contributed by atoms with Gasteiger partial charge in [-0.2, -0.15) is 0 Å². The van der Waals surface area contributed by atoms with Crippen molar-refractivity contribution in [2.24, 2.45) is 5.73 Å². The molecular weight excluding hydrogens is 200 g/mol. The van der Waals surface area contributed by atoms with Crippen LogP contribution in [0.15, 0.2) is 24.3 Å². The van der Waals surface area contributed by atoms with Crippen LogP contribution in [0.4, 0.5) is 0 Å². The monoisotopic (exact) mass is 220 g/mol. The van der Waals surface area contributed by atoms with Crippen LogP contribution in [0.25, 0.3) is 0 Å². The van der Waals surface area contributed by atoms with Crippen molar-refractivity contribution in [1.29, 1.82) is 0 Å². The molecule has 0 radical (unpaired) electrons. The highest BCUT2D eigenvalue weighted by atomic mass is 16.2. The number of hydrogen-bond acceptors (Lipinski definition) is 2. The van der Waals surface area contributed by atoms with Crippen molar-refractivity contribution in [2.45, 2.75) is 26.8 Å². The molecule has 16 heavy (non-hydrogen) atoms. The third-order valence-corrected chi connectivity index (χ3v) is 2.74. The Morgan fingerprint density at radius 1 is 1.31 bits per heavy atom. The molecule has 0 fully saturated rings. The van der Waals surface area contributed by atoms with Crippen LogP contribution in [0, 0.1) is 0 Å². The van der Waals surface area contributed by atoms with Crippen LogP contribution < -0.4 is 5.73 Å². The van der Waals surface area contributed by atoms with Crippen LogP contribution in [0.5, 0.6) is 0 Å².